The maximum Gasteiger partial charge on any atom is 0.189 e. The minimum Gasteiger partial charge on any atom is -0.496 e. The normalized spacial score (nSPS) is 11.1. The molecule has 0 saturated heterocycles. The summed E-state index contributed by atoms with van der Waals surface area (Å²) >= 11 is 0. The smallest absolute Gasteiger partial charge is 0.189 e. The highest BCUT2D eigenvalue weighted by atomic mass is 16.5. The second kappa shape index (κ2) is 8.78. The monoisotopic (exact) mass is 390 g/mol. The van der Waals surface area contributed by atoms with E-state index in [1.807, 2.05) is 58.2 Å². The molecule has 0 radical (unpaired) electrons. The summed E-state index contributed by atoms with van der Waals surface area (Å²) in [5, 5.41) is 4.12. The van der Waals surface area contributed by atoms with Gasteiger partial charge in [-0.2, -0.15) is 5.10 Å². The fourth-order valence-corrected chi connectivity index (χ4v) is 3.04. The van der Waals surface area contributed by atoms with E-state index >= 15 is 0 Å². The molecule has 2 aromatic carbocycles. The highest BCUT2D eigenvalue weighted by Crippen LogP contribution is 2.25. The molecule has 0 bridgehead atoms. The van der Waals surface area contributed by atoms with Gasteiger partial charge in [-0.1, -0.05) is 24.3 Å². The topological polar surface area (TPSA) is 53.3 Å². The van der Waals surface area contributed by atoms with Crippen LogP contribution in [-0.2, 0) is 13.7 Å². The zero-order chi connectivity index (χ0) is 21.0. The van der Waals surface area contributed by atoms with Gasteiger partial charge in [0, 0.05) is 18.3 Å². The van der Waals surface area contributed by atoms with Gasteiger partial charge in [0.05, 0.1) is 18.9 Å². The zero-order valence-corrected chi connectivity index (χ0v) is 17.5. The van der Waals surface area contributed by atoms with Crippen molar-refractivity contribution in [2.45, 2.75) is 27.4 Å². The number of ketones is 1. The van der Waals surface area contributed by atoms with Crippen LogP contribution in [-0.4, -0.2) is 22.7 Å². The number of benzene rings is 2. The number of carbonyl (C=O) groups excluding carboxylic acids is 1. The molecular weight excluding hydrogens is 364 g/mol. The Morgan fingerprint density at radius 3 is 2.59 bits per heavy atom. The maximum atomic E-state index is 12.5. The number of ether oxygens (including phenoxy) is 2. The SMILES string of the molecule is COc1ccc(/C=C/C(=O)c2cnn(C)c2C)cc1COc1cc(C)ccc1C. The third kappa shape index (κ3) is 4.74. The summed E-state index contributed by atoms with van der Waals surface area (Å²) in [4.78, 5) is 12.5. The first-order chi connectivity index (χ1) is 13.9. The number of allylic oxidation sites excluding steroid dienone is 1. The lowest BCUT2D eigenvalue weighted by Gasteiger charge is -2.13. The Bertz CT molecular complexity index is 1060. The number of hydrogen-bond donors (Lipinski definition) is 0. The van der Waals surface area contributed by atoms with E-state index in [0.717, 1.165) is 39.4 Å². The Hall–Kier alpha value is -3.34. The first-order valence-electron chi connectivity index (χ1n) is 9.47. The van der Waals surface area contributed by atoms with Gasteiger partial charge in [-0.05, 0) is 61.7 Å². The Morgan fingerprint density at radius 2 is 1.90 bits per heavy atom. The number of rotatable bonds is 7. The third-order valence-corrected chi connectivity index (χ3v) is 4.96. The summed E-state index contributed by atoms with van der Waals surface area (Å²) in [5.74, 6) is 1.54. The van der Waals surface area contributed by atoms with Crippen molar-refractivity contribution in [3.63, 3.8) is 0 Å². The largest absolute Gasteiger partial charge is 0.496 e. The molecule has 150 valence electrons. The van der Waals surface area contributed by atoms with Crippen LogP contribution in [0.1, 0.15) is 38.3 Å². The molecule has 29 heavy (non-hydrogen) atoms. The summed E-state index contributed by atoms with van der Waals surface area (Å²) in [5.41, 5.74) is 5.51. The van der Waals surface area contributed by atoms with E-state index in [0.29, 0.717) is 12.2 Å². The predicted molar refractivity (Wildman–Crippen MR) is 115 cm³/mol. The van der Waals surface area contributed by atoms with Gasteiger partial charge in [-0.3, -0.25) is 9.48 Å². The van der Waals surface area contributed by atoms with Crippen LogP contribution in [0.4, 0.5) is 0 Å². The van der Waals surface area contributed by atoms with Crippen molar-refractivity contribution in [3.05, 3.63) is 82.2 Å². The van der Waals surface area contributed by atoms with E-state index in [2.05, 4.69) is 11.2 Å². The fraction of sp³-hybridized carbons (Fsp3) is 0.250. The number of nitrogens with zero attached hydrogens (tertiary/aromatic N) is 2. The van der Waals surface area contributed by atoms with E-state index in [9.17, 15) is 4.79 Å². The molecule has 0 atom stereocenters. The average molecular weight is 390 g/mol. The molecule has 0 N–H and O–H groups in total. The van der Waals surface area contributed by atoms with Crippen molar-refractivity contribution in [3.8, 4) is 11.5 Å². The number of hydrogen-bond acceptors (Lipinski definition) is 4. The Kier molecular flexibility index (Phi) is 6.17. The lowest BCUT2D eigenvalue weighted by atomic mass is 10.1. The van der Waals surface area contributed by atoms with Crippen molar-refractivity contribution in [1.29, 1.82) is 0 Å². The molecule has 3 aromatic rings. The van der Waals surface area contributed by atoms with Crippen LogP contribution in [0.5, 0.6) is 11.5 Å². The second-order valence-electron chi connectivity index (χ2n) is 7.09. The average Bonchev–Trinajstić information content (AvgIpc) is 3.05. The predicted octanol–water partition coefficient (Wildman–Crippen LogP) is 4.83. The van der Waals surface area contributed by atoms with Crippen LogP contribution >= 0.6 is 0 Å². The molecule has 5 nitrogen and oxygen atoms in total. The van der Waals surface area contributed by atoms with Crippen LogP contribution < -0.4 is 9.47 Å². The van der Waals surface area contributed by atoms with Gasteiger partial charge >= 0.3 is 0 Å². The van der Waals surface area contributed by atoms with Crippen LogP contribution in [0.2, 0.25) is 0 Å². The molecule has 0 aliphatic heterocycles. The zero-order valence-electron chi connectivity index (χ0n) is 17.5. The molecule has 0 aliphatic carbocycles. The van der Waals surface area contributed by atoms with Crippen molar-refractivity contribution in [1.82, 2.24) is 9.78 Å². The van der Waals surface area contributed by atoms with E-state index < -0.39 is 0 Å². The number of carbonyl (C=O) groups is 1. The fourth-order valence-electron chi connectivity index (χ4n) is 3.04. The van der Waals surface area contributed by atoms with Crippen molar-refractivity contribution < 1.29 is 14.3 Å². The minimum atomic E-state index is -0.0698. The first-order valence-corrected chi connectivity index (χ1v) is 9.47. The molecule has 0 fully saturated rings. The van der Waals surface area contributed by atoms with Crippen LogP contribution in [0.25, 0.3) is 6.08 Å². The van der Waals surface area contributed by atoms with Gasteiger partial charge in [0.15, 0.2) is 5.78 Å². The number of aromatic nitrogens is 2. The summed E-state index contributed by atoms with van der Waals surface area (Å²) < 4.78 is 13.2. The maximum absolute atomic E-state index is 12.5. The first kappa shape index (κ1) is 20.4. The van der Waals surface area contributed by atoms with Crippen molar-refractivity contribution in [2.24, 2.45) is 7.05 Å². The van der Waals surface area contributed by atoms with E-state index in [4.69, 9.17) is 9.47 Å². The van der Waals surface area contributed by atoms with Crippen molar-refractivity contribution >= 4 is 11.9 Å². The second-order valence-corrected chi connectivity index (χ2v) is 7.09. The highest BCUT2D eigenvalue weighted by Gasteiger charge is 2.10. The molecule has 1 heterocycles. The molecule has 3 rings (SSSR count). The van der Waals surface area contributed by atoms with Gasteiger partial charge in [-0.15, -0.1) is 0 Å². The summed E-state index contributed by atoms with van der Waals surface area (Å²) in [6.07, 6.45) is 4.97. The standard InChI is InChI=1S/C24H26N2O3/c1-16-6-7-17(2)24(12-16)29-15-20-13-19(9-11-23(20)28-5)8-10-22(27)21-14-25-26(4)18(21)3/h6-14H,15H2,1-5H3/b10-8+. The molecular formula is C24H26N2O3. The van der Waals surface area contributed by atoms with E-state index in [1.54, 1.807) is 30.1 Å². The van der Waals surface area contributed by atoms with E-state index in [1.165, 1.54) is 0 Å². The summed E-state index contributed by atoms with van der Waals surface area (Å²) in [6, 6.07) is 11.9. The van der Waals surface area contributed by atoms with Crippen LogP contribution in [0, 0.1) is 20.8 Å². The van der Waals surface area contributed by atoms with Crippen LogP contribution in [0.15, 0.2) is 48.7 Å². The lowest BCUT2D eigenvalue weighted by molar-refractivity contribution is 0.104. The lowest BCUT2D eigenvalue weighted by Crippen LogP contribution is -2.01. The van der Waals surface area contributed by atoms with Gasteiger partial charge in [-0.25, -0.2) is 0 Å². The van der Waals surface area contributed by atoms with Gasteiger partial charge < -0.3 is 9.47 Å². The van der Waals surface area contributed by atoms with Gasteiger partial charge in [0.25, 0.3) is 0 Å². The quantitative estimate of drug-likeness (QED) is 0.428. The molecule has 0 spiro atoms. The molecule has 1 aromatic heterocycles. The molecule has 0 aliphatic rings. The Morgan fingerprint density at radius 1 is 1.10 bits per heavy atom. The highest BCUT2D eigenvalue weighted by molar-refractivity contribution is 6.07. The number of aryl methyl sites for hydroxylation is 3. The third-order valence-electron chi connectivity index (χ3n) is 4.96. The van der Waals surface area contributed by atoms with E-state index in [-0.39, 0.29) is 5.78 Å². The molecule has 0 unspecified atom stereocenters. The van der Waals surface area contributed by atoms with Gasteiger partial charge in [0.1, 0.15) is 18.1 Å². The van der Waals surface area contributed by atoms with Crippen LogP contribution in [0.3, 0.4) is 0 Å². The summed E-state index contributed by atoms with van der Waals surface area (Å²) in [7, 11) is 3.46. The molecule has 0 saturated carbocycles. The molecule has 0 amide bonds. The Labute approximate surface area is 171 Å². The summed E-state index contributed by atoms with van der Waals surface area (Å²) in [6.45, 7) is 6.32. The Balaban J connectivity index is 1.78. The van der Waals surface area contributed by atoms with Gasteiger partial charge in [0.2, 0.25) is 0 Å². The molecule has 5 heteroatoms. The number of methoxy groups -OCH3 is 1. The minimum absolute atomic E-state index is 0.0698. The van der Waals surface area contributed by atoms with Crippen molar-refractivity contribution in [2.75, 3.05) is 7.11 Å².